The van der Waals surface area contributed by atoms with Crippen LogP contribution in [0, 0.1) is 11.8 Å². The number of carbonyl (C=O) groups excluding carboxylic acids is 1. The van der Waals surface area contributed by atoms with Gasteiger partial charge in [-0.2, -0.15) is 0 Å². The lowest BCUT2D eigenvalue weighted by atomic mass is 10.1. The molecule has 1 aliphatic carbocycles. The zero-order valence-corrected chi connectivity index (χ0v) is 12.4. The molecule has 1 rings (SSSR count). The Morgan fingerprint density at radius 1 is 1.44 bits per heavy atom. The summed E-state index contributed by atoms with van der Waals surface area (Å²) in [5.74, 6) is 0.532. The van der Waals surface area contributed by atoms with E-state index in [4.69, 9.17) is 9.47 Å². The monoisotopic (exact) mass is 340 g/mol. The Bertz CT molecular complexity index is 230. The van der Waals surface area contributed by atoms with Crippen LogP contribution in [0.15, 0.2) is 0 Å². The summed E-state index contributed by atoms with van der Waals surface area (Å²) in [7, 11) is 0. The van der Waals surface area contributed by atoms with Gasteiger partial charge in [0.05, 0.1) is 18.6 Å². The number of ether oxygens (including phenoxy) is 2. The first-order valence-corrected chi connectivity index (χ1v) is 7.21. The molecule has 0 N–H and O–H groups in total. The van der Waals surface area contributed by atoms with Crippen molar-refractivity contribution in [2.75, 3.05) is 13.2 Å². The summed E-state index contributed by atoms with van der Waals surface area (Å²) in [5.41, 5.74) is 0. The number of hydrogen-bond acceptors (Lipinski definition) is 3. The third-order valence-electron chi connectivity index (χ3n) is 2.69. The minimum atomic E-state index is -0.0557. The van der Waals surface area contributed by atoms with Crippen molar-refractivity contribution in [2.24, 2.45) is 11.8 Å². The van der Waals surface area contributed by atoms with Crippen molar-refractivity contribution in [1.82, 2.24) is 0 Å². The lowest BCUT2D eigenvalue weighted by molar-refractivity contribution is -0.148. The molecule has 1 aliphatic rings. The fourth-order valence-corrected chi connectivity index (χ4v) is 3.00. The third kappa shape index (κ3) is 4.20. The van der Waals surface area contributed by atoms with Gasteiger partial charge in [0.15, 0.2) is 0 Å². The van der Waals surface area contributed by atoms with Gasteiger partial charge in [0.2, 0.25) is 0 Å². The molecule has 0 radical (unpaired) electrons. The van der Waals surface area contributed by atoms with Crippen molar-refractivity contribution in [3.8, 4) is 0 Å². The largest absolute Gasteiger partial charge is 0.466 e. The van der Waals surface area contributed by atoms with Gasteiger partial charge < -0.3 is 9.47 Å². The number of hydrogen-bond donors (Lipinski definition) is 0. The maximum Gasteiger partial charge on any atom is 0.309 e. The number of alkyl halides is 1. The number of halogens is 1. The van der Waals surface area contributed by atoms with Crippen LogP contribution in [0.2, 0.25) is 0 Å². The maximum absolute atomic E-state index is 11.6. The molecule has 0 spiro atoms. The summed E-state index contributed by atoms with van der Waals surface area (Å²) in [5, 5.41) is 0. The fourth-order valence-electron chi connectivity index (χ4n) is 1.89. The van der Waals surface area contributed by atoms with Gasteiger partial charge in [0.1, 0.15) is 0 Å². The molecule has 0 bridgehead atoms. The minimum Gasteiger partial charge on any atom is -0.466 e. The second-order valence-electron chi connectivity index (χ2n) is 4.70. The highest BCUT2D eigenvalue weighted by atomic mass is 127. The van der Waals surface area contributed by atoms with Crippen LogP contribution >= 0.6 is 22.6 Å². The molecule has 3 nitrogen and oxygen atoms in total. The second kappa shape index (κ2) is 6.79. The number of esters is 1. The van der Waals surface area contributed by atoms with Crippen LogP contribution in [-0.4, -0.2) is 29.2 Å². The van der Waals surface area contributed by atoms with E-state index in [1.54, 1.807) is 0 Å². The minimum absolute atomic E-state index is 0.0408. The average Bonchev–Trinajstić information content (AvgIpc) is 2.57. The normalized spacial score (nSPS) is 29.7. The van der Waals surface area contributed by atoms with Gasteiger partial charge >= 0.3 is 5.97 Å². The van der Waals surface area contributed by atoms with E-state index in [1.807, 2.05) is 6.92 Å². The van der Waals surface area contributed by atoms with E-state index < -0.39 is 0 Å². The molecule has 0 aromatic heterocycles. The first-order chi connectivity index (χ1) is 7.54. The predicted octanol–water partition coefficient (Wildman–Crippen LogP) is 2.80. The number of carbonyl (C=O) groups is 1. The Hall–Kier alpha value is 0.160. The van der Waals surface area contributed by atoms with Crippen molar-refractivity contribution in [2.45, 2.75) is 43.6 Å². The Morgan fingerprint density at radius 3 is 2.69 bits per heavy atom. The average molecular weight is 340 g/mol. The van der Waals surface area contributed by atoms with E-state index in [2.05, 4.69) is 36.4 Å². The molecule has 1 fully saturated rings. The molecule has 16 heavy (non-hydrogen) atoms. The lowest BCUT2D eigenvalue weighted by Crippen LogP contribution is -2.20. The van der Waals surface area contributed by atoms with Crippen molar-refractivity contribution in [1.29, 1.82) is 0 Å². The Morgan fingerprint density at radius 2 is 2.12 bits per heavy atom. The van der Waals surface area contributed by atoms with Crippen molar-refractivity contribution < 1.29 is 14.3 Å². The van der Waals surface area contributed by atoms with Crippen LogP contribution in [0.1, 0.15) is 33.6 Å². The zero-order valence-electron chi connectivity index (χ0n) is 10.2. The topological polar surface area (TPSA) is 35.5 Å². The van der Waals surface area contributed by atoms with Crippen LogP contribution in [-0.2, 0) is 14.3 Å². The quantitative estimate of drug-likeness (QED) is 0.439. The second-order valence-corrected chi connectivity index (χ2v) is 6.30. The Kier molecular flexibility index (Phi) is 6.03. The molecule has 94 valence electrons. The Labute approximate surface area is 111 Å². The van der Waals surface area contributed by atoms with Gasteiger partial charge in [0.25, 0.3) is 0 Å². The van der Waals surface area contributed by atoms with Crippen LogP contribution in [0.4, 0.5) is 0 Å². The van der Waals surface area contributed by atoms with Gasteiger partial charge in [-0.25, -0.2) is 0 Å². The molecule has 0 aliphatic heterocycles. The van der Waals surface area contributed by atoms with Crippen LogP contribution in [0.25, 0.3) is 0 Å². The molecule has 3 unspecified atom stereocenters. The van der Waals surface area contributed by atoms with E-state index in [0.29, 0.717) is 16.4 Å². The Balaban J connectivity index is 2.37. The predicted molar refractivity (Wildman–Crippen MR) is 71.7 cm³/mol. The summed E-state index contributed by atoms with van der Waals surface area (Å²) in [4.78, 5) is 11.6. The van der Waals surface area contributed by atoms with Gasteiger partial charge in [0, 0.05) is 10.5 Å². The smallest absolute Gasteiger partial charge is 0.309 e. The van der Waals surface area contributed by atoms with E-state index in [1.165, 1.54) is 0 Å². The van der Waals surface area contributed by atoms with Crippen LogP contribution < -0.4 is 0 Å². The first-order valence-electron chi connectivity index (χ1n) is 5.96. The molecule has 0 saturated heterocycles. The molecular weight excluding hydrogens is 319 g/mol. The highest BCUT2D eigenvalue weighted by Gasteiger charge is 2.37. The summed E-state index contributed by atoms with van der Waals surface area (Å²) >= 11 is 2.38. The third-order valence-corrected chi connectivity index (χ3v) is 4.00. The van der Waals surface area contributed by atoms with Gasteiger partial charge in [-0.05, 0) is 25.7 Å². The van der Waals surface area contributed by atoms with Gasteiger partial charge in [-0.1, -0.05) is 36.4 Å². The van der Waals surface area contributed by atoms with Crippen molar-refractivity contribution in [3.05, 3.63) is 0 Å². The highest BCUT2D eigenvalue weighted by molar-refractivity contribution is 14.1. The lowest BCUT2D eigenvalue weighted by Gasteiger charge is -2.16. The van der Waals surface area contributed by atoms with E-state index in [0.717, 1.165) is 19.4 Å². The van der Waals surface area contributed by atoms with E-state index in [-0.39, 0.29) is 18.0 Å². The SMILES string of the molecule is CCOC(=O)C1CC(I)C(OCC(C)C)C1. The summed E-state index contributed by atoms with van der Waals surface area (Å²) in [6, 6.07) is 0. The first kappa shape index (κ1) is 14.2. The van der Waals surface area contributed by atoms with Gasteiger partial charge in [-0.3, -0.25) is 4.79 Å². The molecule has 0 amide bonds. The molecule has 0 aromatic rings. The van der Waals surface area contributed by atoms with Crippen molar-refractivity contribution in [3.63, 3.8) is 0 Å². The fraction of sp³-hybridized carbons (Fsp3) is 0.917. The molecule has 0 heterocycles. The summed E-state index contributed by atoms with van der Waals surface area (Å²) < 4.78 is 11.3. The molecule has 3 atom stereocenters. The molecular formula is C12H21IO3. The van der Waals surface area contributed by atoms with Crippen LogP contribution in [0.3, 0.4) is 0 Å². The molecule has 0 aromatic carbocycles. The number of rotatable bonds is 5. The molecule has 4 heteroatoms. The van der Waals surface area contributed by atoms with E-state index >= 15 is 0 Å². The molecule has 1 saturated carbocycles. The zero-order chi connectivity index (χ0) is 12.1. The van der Waals surface area contributed by atoms with Crippen LogP contribution in [0.5, 0.6) is 0 Å². The van der Waals surface area contributed by atoms with E-state index in [9.17, 15) is 4.79 Å². The highest BCUT2D eigenvalue weighted by Crippen LogP contribution is 2.34. The standard InChI is InChI=1S/C12H21IO3/c1-4-15-12(14)9-5-10(13)11(6-9)16-7-8(2)3/h8-11H,4-7H2,1-3H3. The summed E-state index contributed by atoms with van der Waals surface area (Å²) in [6.45, 7) is 7.37. The maximum atomic E-state index is 11.6. The van der Waals surface area contributed by atoms with Crippen molar-refractivity contribution >= 4 is 28.6 Å². The van der Waals surface area contributed by atoms with Gasteiger partial charge in [-0.15, -0.1) is 0 Å². The summed E-state index contributed by atoms with van der Waals surface area (Å²) in [6.07, 6.45) is 1.93.